The van der Waals surface area contributed by atoms with E-state index in [-0.39, 0.29) is 17.4 Å². The van der Waals surface area contributed by atoms with Crippen LogP contribution in [0.25, 0.3) is 0 Å². The maximum atomic E-state index is 13.7. The largest absolute Gasteiger partial charge is 0.380 e. The van der Waals surface area contributed by atoms with Gasteiger partial charge in [-0.15, -0.1) is 0 Å². The maximum Gasteiger partial charge on any atom is 0.271 e. The fourth-order valence-corrected chi connectivity index (χ4v) is 2.52. The standard InChI is InChI=1S/C14H20FN3O2/c1-10(2)17-7-5-11(6-8-17)16-14-9-12(18(19)20)3-4-13(14)15/h3-4,9-11,16H,5-8H2,1-2H3. The van der Waals surface area contributed by atoms with Gasteiger partial charge < -0.3 is 10.2 Å². The highest BCUT2D eigenvalue weighted by Gasteiger charge is 2.22. The maximum absolute atomic E-state index is 13.7. The summed E-state index contributed by atoms with van der Waals surface area (Å²) < 4.78 is 13.7. The number of hydrogen-bond donors (Lipinski definition) is 1. The van der Waals surface area contributed by atoms with Gasteiger partial charge in [0.05, 0.1) is 10.6 Å². The summed E-state index contributed by atoms with van der Waals surface area (Å²) >= 11 is 0. The summed E-state index contributed by atoms with van der Waals surface area (Å²) in [7, 11) is 0. The van der Waals surface area contributed by atoms with Gasteiger partial charge in [-0.25, -0.2) is 4.39 Å². The molecule has 20 heavy (non-hydrogen) atoms. The van der Waals surface area contributed by atoms with Gasteiger partial charge in [-0.05, 0) is 32.8 Å². The van der Waals surface area contributed by atoms with Crippen molar-refractivity contribution in [2.24, 2.45) is 0 Å². The molecule has 1 aliphatic heterocycles. The number of likely N-dealkylation sites (tertiary alicyclic amines) is 1. The average molecular weight is 281 g/mol. The molecule has 1 N–H and O–H groups in total. The molecule has 1 aliphatic rings. The highest BCUT2D eigenvalue weighted by Crippen LogP contribution is 2.24. The number of benzene rings is 1. The topological polar surface area (TPSA) is 58.4 Å². The molecule has 110 valence electrons. The number of non-ortho nitro benzene ring substituents is 1. The molecule has 6 heteroatoms. The van der Waals surface area contributed by atoms with Gasteiger partial charge >= 0.3 is 0 Å². The Morgan fingerprint density at radius 1 is 1.40 bits per heavy atom. The molecule has 0 radical (unpaired) electrons. The molecular formula is C14H20FN3O2. The first kappa shape index (κ1) is 14.7. The van der Waals surface area contributed by atoms with Crippen molar-refractivity contribution in [2.45, 2.75) is 38.8 Å². The molecule has 1 aromatic rings. The average Bonchev–Trinajstić information content (AvgIpc) is 2.41. The molecular weight excluding hydrogens is 261 g/mol. The molecule has 0 aromatic heterocycles. The monoisotopic (exact) mass is 281 g/mol. The second-order valence-corrected chi connectivity index (χ2v) is 5.47. The summed E-state index contributed by atoms with van der Waals surface area (Å²) in [6.07, 6.45) is 1.83. The van der Waals surface area contributed by atoms with E-state index in [1.807, 2.05) is 0 Å². The molecule has 0 atom stereocenters. The van der Waals surface area contributed by atoms with E-state index in [1.54, 1.807) is 0 Å². The summed E-state index contributed by atoms with van der Waals surface area (Å²) in [5.41, 5.74) is 0.135. The Balaban J connectivity index is 2.00. The van der Waals surface area contributed by atoms with Crippen LogP contribution in [0.1, 0.15) is 26.7 Å². The molecule has 0 unspecified atom stereocenters. The molecule has 1 fully saturated rings. The molecule has 0 amide bonds. The normalized spacial score (nSPS) is 17.4. The van der Waals surface area contributed by atoms with Crippen molar-refractivity contribution >= 4 is 11.4 Å². The summed E-state index contributed by atoms with van der Waals surface area (Å²) in [4.78, 5) is 12.6. The quantitative estimate of drug-likeness (QED) is 0.681. The minimum atomic E-state index is -0.508. The first-order valence-corrected chi connectivity index (χ1v) is 6.92. The Morgan fingerprint density at radius 2 is 2.05 bits per heavy atom. The lowest BCUT2D eigenvalue weighted by Crippen LogP contribution is -2.42. The van der Waals surface area contributed by atoms with Gasteiger partial charge in [0.2, 0.25) is 0 Å². The number of nitro benzene ring substituents is 1. The van der Waals surface area contributed by atoms with Crippen LogP contribution in [0, 0.1) is 15.9 Å². The predicted octanol–water partition coefficient (Wildman–Crippen LogP) is 3.02. The molecule has 2 rings (SSSR count). The van der Waals surface area contributed by atoms with Gasteiger partial charge in [0.15, 0.2) is 0 Å². The summed E-state index contributed by atoms with van der Waals surface area (Å²) in [5.74, 6) is -0.443. The smallest absolute Gasteiger partial charge is 0.271 e. The summed E-state index contributed by atoms with van der Waals surface area (Å²) in [6, 6.07) is 4.28. The van der Waals surface area contributed by atoms with Crippen molar-refractivity contribution in [3.05, 3.63) is 34.1 Å². The van der Waals surface area contributed by atoms with E-state index < -0.39 is 10.7 Å². The van der Waals surface area contributed by atoms with Crippen LogP contribution in [0.4, 0.5) is 15.8 Å². The minimum Gasteiger partial charge on any atom is -0.380 e. The fourth-order valence-electron chi connectivity index (χ4n) is 2.52. The number of anilines is 1. The first-order valence-electron chi connectivity index (χ1n) is 6.92. The Kier molecular flexibility index (Phi) is 4.54. The van der Waals surface area contributed by atoms with Gasteiger partial charge in [0, 0.05) is 37.3 Å². The van der Waals surface area contributed by atoms with Crippen molar-refractivity contribution in [1.82, 2.24) is 4.90 Å². The van der Waals surface area contributed by atoms with E-state index >= 15 is 0 Å². The van der Waals surface area contributed by atoms with Gasteiger partial charge in [-0.1, -0.05) is 0 Å². The van der Waals surface area contributed by atoms with Crippen molar-refractivity contribution in [1.29, 1.82) is 0 Å². The highest BCUT2D eigenvalue weighted by molar-refractivity contribution is 5.52. The molecule has 0 saturated carbocycles. The van der Waals surface area contributed by atoms with Crippen LogP contribution >= 0.6 is 0 Å². The third kappa shape index (κ3) is 3.45. The molecule has 1 heterocycles. The van der Waals surface area contributed by atoms with Crippen molar-refractivity contribution in [2.75, 3.05) is 18.4 Å². The Hall–Kier alpha value is -1.69. The SMILES string of the molecule is CC(C)N1CCC(Nc2cc([N+](=O)[O-])ccc2F)CC1. The molecule has 0 aliphatic carbocycles. The summed E-state index contributed by atoms with van der Waals surface area (Å²) in [5, 5.41) is 13.8. The van der Waals surface area contributed by atoms with Crippen molar-refractivity contribution < 1.29 is 9.31 Å². The van der Waals surface area contributed by atoms with E-state index in [2.05, 4.69) is 24.1 Å². The van der Waals surface area contributed by atoms with Gasteiger partial charge in [0.1, 0.15) is 5.82 Å². The van der Waals surface area contributed by atoms with Crippen LogP contribution in [0.3, 0.4) is 0 Å². The van der Waals surface area contributed by atoms with Crippen LogP contribution in [-0.4, -0.2) is 35.0 Å². The lowest BCUT2D eigenvalue weighted by Gasteiger charge is -2.35. The Bertz CT molecular complexity index is 485. The third-order valence-corrected chi connectivity index (χ3v) is 3.78. The number of rotatable bonds is 4. The molecule has 0 bridgehead atoms. The van der Waals surface area contributed by atoms with Gasteiger partial charge in [0.25, 0.3) is 5.69 Å². The van der Waals surface area contributed by atoms with E-state index in [0.717, 1.165) is 32.0 Å². The van der Waals surface area contributed by atoms with E-state index in [0.29, 0.717) is 6.04 Å². The first-order chi connectivity index (χ1) is 9.47. The zero-order chi connectivity index (χ0) is 14.7. The molecule has 0 spiro atoms. The second kappa shape index (κ2) is 6.17. The lowest BCUT2D eigenvalue weighted by molar-refractivity contribution is -0.384. The highest BCUT2D eigenvalue weighted by atomic mass is 19.1. The third-order valence-electron chi connectivity index (χ3n) is 3.78. The summed E-state index contributed by atoms with van der Waals surface area (Å²) in [6.45, 7) is 6.25. The minimum absolute atomic E-state index is 0.0893. The lowest BCUT2D eigenvalue weighted by atomic mass is 10.0. The van der Waals surface area contributed by atoms with Gasteiger partial charge in [-0.2, -0.15) is 0 Å². The number of nitrogens with zero attached hydrogens (tertiary/aromatic N) is 2. The van der Waals surface area contributed by atoms with Crippen LogP contribution in [-0.2, 0) is 0 Å². The van der Waals surface area contributed by atoms with E-state index in [4.69, 9.17) is 0 Å². The predicted molar refractivity (Wildman–Crippen MR) is 76.4 cm³/mol. The molecule has 1 saturated heterocycles. The second-order valence-electron chi connectivity index (χ2n) is 5.47. The number of piperidine rings is 1. The number of halogens is 1. The van der Waals surface area contributed by atoms with Crippen molar-refractivity contribution in [3.63, 3.8) is 0 Å². The number of nitrogens with one attached hydrogen (secondary N) is 1. The zero-order valence-corrected chi connectivity index (χ0v) is 11.8. The van der Waals surface area contributed by atoms with Crippen LogP contribution in [0.5, 0.6) is 0 Å². The fraction of sp³-hybridized carbons (Fsp3) is 0.571. The number of nitro groups is 1. The Labute approximate surface area is 117 Å². The molecule has 5 nitrogen and oxygen atoms in total. The van der Waals surface area contributed by atoms with Crippen LogP contribution in [0.2, 0.25) is 0 Å². The van der Waals surface area contributed by atoms with E-state index in [1.165, 1.54) is 12.1 Å². The van der Waals surface area contributed by atoms with Crippen LogP contribution in [0.15, 0.2) is 18.2 Å². The molecule has 1 aromatic carbocycles. The zero-order valence-electron chi connectivity index (χ0n) is 11.8. The Morgan fingerprint density at radius 3 is 2.60 bits per heavy atom. The van der Waals surface area contributed by atoms with Gasteiger partial charge in [-0.3, -0.25) is 10.1 Å². The van der Waals surface area contributed by atoms with E-state index in [9.17, 15) is 14.5 Å². The van der Waals surface area contributed by atoms with Crippen LogP contribution < -0.4 is 5.32 Å². The van der Waals surface area contributed by atoms with Crippen molar-refractivity contribution in [3.8, 4) is 0 Å². The number of hydrogen-bond acceptors (Lipinski definition) is 4.